The van der Waals surface area contributed by atoms with E-state index in [-0.39, 0.29) is 18.9 Å². The maximum absolute atomic E-state index is 12.0. The lowest BCUT2D eigenvalue weighted by Gasteiger charge is -2.15. The van der Waals surface area contributed by atoms with E-state index in [0.717, 1.165) is 5.56 Å². The first-order valence-corrected chi connectivity index (χ1v) is 6.96. The minimum absolute atomic E-state index is 0.132. The molecule has 2 rings (SSSR count). The molecule has 20 heavy (non-hydrogen) atoms. The highest BCUT2D eigenvalue weighted by Gasteiger charge is 2.28. The van der Waals surface area contributed by atoms with E-state index in [9.17, 15) is 18.0 Å². The summed E-state index contributed by atoms with van der Waals surface area (Å²) in [5, 5.41) is 3.01. The van der Waals surface area contributed by atoms with E-state index >= 15 is 0 Å². The Bertz CT molecular complexity index is 536. The molecule has 1 aromatic carbocycles. The number of hydrogen-bond donors (Lipinski definition) is 1. The van der Waals surface area contributed by atoms with Gasteiger partial charge < -0.3 is 10.1 Å². The van der Waals surface area contributed by atoms with Crippen molar-refractivity contribution < 1.29 is 22.7 Å². The summed E-state index contributed by atoms with van der Waals surface area (Å²) in [6, 6.07) is 3.29. The third-order valence-electron chi connectivity index (χ3n) is 2.71. The van der Waals surface area contributed by atoms with E-state index in [1.165, 1.54) is 0 Å². The van der Waals surface area contributed by atoms with Crippen LogP contribution < -0.4 is 5.32 Å². The highest BCUT2D eigenvalue weighted by Crippen LogP contribution is 2.36. The number of amides is 1. The molecule has 1 amide bonds. The molecule has 1 N–H and O–H groups in total. The highest BCUT2D eigenvalue weighted by molar-refractivity contribution is 9.09. The molecule has 0 bridgehead atoms. The maximum atomic E-state index is 12.0. The highest BCUT2D eigenvalue weighted by atomic mass is 79.9. The molecular weight excluding hydrogens is 362 g/mol. The molecule has 8 heteroatoms. The molecule has 110 valence electrons. The van der Waals surface area contributed by atoms with Crippen molar-refractivity contribution in [3.05, 3.63) is 28.3 Å². The van der Waals surface area contributed by atoms with Gasteiger partial charge in [0, 0.05) is 10.7 Å². The van der Waals surface area contributed by atoms with Crippen molar-refractivity contribution >= 4 is 39.1 Å². The second kappa shape index (κ2) is 5.91. The fourth-order valence-electron chi connectivity index (χ4n) is 1.88. The van der Waals surface area contributed by atoms with Crippen molar-refractivity contribution in [2.24, 2.45) is 0 Å². The lowest BCUT2D eigenvalue weighted by atomic mass is 10.1. The lowest BCUT2D eigenvalue weighted by Crippen LogP contribution is -2.18. The van der Waals surface area contributed by atoms with Gasteiger partial charge in [-0.1, -0.05) is 33.6 Å². The smallest absolute Gasteiger partial charge is 0.371 e. The topological polar surface area (TPSA) is 38.3 Å². The molecule has 1 atom stereocenters. The lowest BCUT2D eigenvalue weighted by molar-refractivity contribution is -0.173. The zero-order valence-electron chi connectivity index (χ0n) is 10.1. The van der Waals surface area contributed by atoms with E-state index in [2.05, 4.69) is 26.0 Å². The van der Waals surface area contributed by atoms with Crippen LogP contribution in [0.4, 0.5) is 18.9 Å². The first kappa shape index (κ1) is 15.6. The third kappa shape index (κ3) is 3.86. The Morgan fingerprint density at radius 2 is 2.15 bits per heavy atom. The van der Waals surface area contributed by atoms with Gasteiger partial charge in [-0.15, -0.1) is 0 Å². The molecule has 0 spiro atoms. The summed E-state index contributed by atoms with van der Waals surface area (Å²) in [7, 11) is 0. The number of rotatable bonds is 4. The average Bonchev–Trinajstić information content (AvgIpc) is 2.65. The molecule has 0 saturated heterocycles. The molecule has 1 unspecified atom stereocenters. The van der Waals surface area contributed by atoms with Crippen molar-refractivity contribution in [1.29, 1.82) is 0 Å². The van der Waals surface area contributed by atoms with Gasteiger partial charge in [-0.3, -0.25) is 4.79 Å². The number of carbonyl (C=O) groups is 1. The van der Waals surface area contributed by atoms with Crippen LogP contribution in [0.15, 0.2) is 12.1 Å². The molecule has 1 aliphatic rings. The quantitative estimate of drug-likeness (QED) is 0.815. The molecule has 1 aliphatic heterocycles. The van der Waals surface area contributed by atoms with Gasteiger partial charge in [-0.05, 0) is 17.2 Å². The number of ether oxygens (including phenoxy) is 1. The summed E-state index contributed by atoms with van der Waals surface area (Å²) in [6.45, 7) is -1.48. The van der Waals surface area contributed by atoms with E-state index in [1.54, 1.807) is 12.1 Å². The van der Waals surface area contributed by atoms with Gasteiger partial charge in [-0.2, -0.15) is 13.2 Å². The van der Waals surface area contributed by atoms with Crippen LogP contribution in [-0.4, -0.2) is 25.3 Å². The molecular formula is C12H10BrClF3NO2. The Morgan fingerprint density at radius 1 is 1.45 bits per heavy atom. The Balaban J connectivity index is 2.05. The van der Waals surface area contributed by atoms with Crippen molar-refractivity contribution in [2.45, 2.75) is 17.4 Å². The number of halogens is 5. The van der Waals surface area contributed by atoms with Gasteiger partial charge >= 0.3 is 6.18 Å². The first-order chi connectivity index (χ1) is 9.26. The van der Waals surface area contributed by atoms with Gasteiger partial charge in [0.1, 0.15) is 6.61 Å². The Morgan fingerprint density at radius 3 is 2.80 bits per heavy atom. The Labute approximate surface area is 126 Å². The van der Waals surface area contributed by atoms with Gasteiger partial charge in [0.25, 0.3) is 0 Å². The van der Waals surface area contributed by atoms with Crippen molar-refractivity contribution in [1.82, 2.24) is 0 Å². The Kier molecular flexibility index (Phi) is 4.61. The van der Waals surface area contributed by atoms with Gasteiger partial charge in [-0.25, -0.2) is 0 Å². The molecule has 0 aromatic heterocycles. The number of carbonyl (C=O) groups excluding carboxylic acids is 1. The van der Waals surface area contributed by atoms with E-state index in [1.807, 2.05) is 0 Å². The van der Waals surface area contributed by atoms with Crippen molar-refractivity contribution in [3.8, 4) is 0 Å². The van der Waals surface area contributed by atoms with Gasteiger partial charge in [0.15, 0.2) is 0 Å². The molecule has 0 saturated carbocycles. The summed E-state index contributed by atoms with van der Waals surface area (Å²) in [6.07, 6.45) is -4.12. The van der Waals surface area contributed by atoms with Crippen molar-refractivity contribution in [2.75, 3.05) is 18.5 Å². The SMILES string of the molecule is O=C1Cc2cc(C(Br)COCC(F)(F)F)c(Cl)cc2N1. The second-order valence-electron chi connectivity index (χ2n) is 4.35. The van der Waals surface area contributed by atoms with Crippen LogP contribution in [0.5, 0.6) is 0 Å². The van der Waals surface area contributed by atoms with Gasteiger partial charge in [0.2, 0.25) is 5.91 Å². The normalized spacial score (nSPS) is 15.9. The molecule has 3 nitrogen and oxygen atoms in total. The molecule has 0 aliphatic carbocycles. The maximum Gasteiger partial charge on any atom is 0.411 e. The number of alkyl halides is 4. The second-order valence-corrected chi connectivity index (χ2v) is 5.87. The Hall–Kier alpha value is -0.790. The fourth-order valence-corrected chi connectivity index (χ4v) is 2.87. The average molecular weight is 373 g/mol. The summed E-state index contributed by atoms with van der Waals surface area (Å²) in [5.74, 6) is -0.132. The van der Waals surface area contributed by atoms with Crippen LogP contribution in [-0.2, 0) is 16.0 Å². The molecule has 1 heterocycles. The predicted octanol–water partition coefficient (Wildman–Crippen LogP) is 3.85. The van der Waals surface area contributed by atoms with Crippen LogP contribution in [0.3, 0.4) is 0 Å². The number of hydrogen-bond acceptors (Lipinski definition) is 2. The number of fused-ring (bicyclic) bond motifs is 1. The fraction of sp³-hybridized carbons (Fsp3) is 0.417. The monoisotopic (exact) mass is 371 g/mol. The van der Waals surface area contributed by atoms with Crippen LogP contribution in [0.25, 0.3) is 0 Å². The first-order valence-electron chi connectivity index (χ1n) is 5.67. The van der Waals surface area contributed by atoms with Crippen LogP contribution in [0.2, 0.25) is 5.02 Å². The zero-order chi connectivity index (χ0) is 14.9. The van der Waals surface area contributed by atoms with E-state index < -0.39 is 17.6 Å². The summed E-state index contributed by atoms with van der Waals surface area (Å²) in [5.41, 5.74) is 2.01. The third-order valence-corrected chi connectivity index (χ3v) is 3.80. The molecule has 0 fully saturated rings. The zero-order valence-corrected chi connectivity index (χ0v) is 12.4. The van der Waals surface area contributed by atoms with E-state index in [4.69, 9.17) is 11.6 Å². The summed E-state index contributed by atoms with van der Waals surface area (Å²) in [4.78, 5) is 10.8. The summed E-state index contributed by atoms with van der Waals surface area (Å²) < 4.78 is 40.6. The van der Waals surface area contributed by atoms with Crippen LogP contribution >= 0.6 is 27.5 Å². The summed E-state index contributed by atoms with van der Waals surface area (Å²) >= 11 is 9.31. The van der Waals surface area contributed by atoms with Gasteiger partial charge in [0.05, 0.1) is 17.9 Å². The largest absolute Gasteiger partial charge is 0.411 e. The minimum Gasteiger partial charge on any atom is -0.371 e. The number of anilines is 1. The van der Waals surface area contributed by atoms with Crippen LogP contribution in [0, 0.1) is 0 Å². The predicted molar refractivity (Wildman–Crippen MR) is 72.3 cm³/mol. The molecule has 0 radical (unpaired) electrons. The number of benzene rings is 1. The standard InChI is InChI=1S/C12H10BrClF3NO2/c13-8(4-20-5-12(15,16)17)7-1-6-2-11(19)18-10(6)3-9(7)14/h1,3,8H,2,4-5H2,(H,18,19). The van der Waals surface area contributed by atoms with Crippen molar-refractivity contribution in [3.63, 3.8) is 0 Å². The number of nitrogens with one attached hydrogen (secondary N) is 1. The molecule has 1 aromatic rings. The van der Waals surface area contributed by atoms with E-state index in [0.29, 0.717) is 16.3 Å². The minimum atomic E-state index is -4.36. The van der Waals surface area contributed by atoms with Crippen LogP contribution in [0.1, 0.15) is 16.0 Å².